The van der Waals surface area contributed by atoms with Gasteiger partial charge < -0.3 is 14.6 Å². The van der Waals surface area contributed by atoms with E-state index in [0.29, 0.717) is 36.3 Å². The van der Waals surface area contributed by atoms with Crippen LogP contribution in [-0.4, -0.2) is 60.0 Å². The molecule has 0 bridgehead atoms. The van der Waals surface area contributed by atoms with Crippen LogP contribution in [0.2, 0.25) is 0 Å². The number of halogens is 2. The number of thiazole rings is 1. The normalized spacial score (nSPS) is 19.4. The summed E-state index contributed by atoms with van der Waals surface area (Å²) in [5.74, 6) is 2.36. The van der Waals surface area contributed by atoms with Crippen LogP contribution >= 0.6 is 11.3 Å². The van der Waals surface area contributed by atoms with Gasteiger partial charge in [0.2, 0.25) is 0 Å². The molecule has 2 heterocycles. The molecule has 0 unspecified atom stereocenters. The molecule has 4 rings (SSSR count). The molecule has 0 saturated heterocycles. The van der Waals surface area contributed by atoms with Gasteiger partial charge >= 0.3 is 0 Å². The molecular weight excluding hydrogens is 502 g/mol. The Labute approximate surface area is 220 Å². The molecule has 0 radical (unpaired) electrons. The first-order valence-corrected chi connectivity index (χ1v) is 13.7. The number of nitrogens with zero attached hydrogens (tertiary/aromatic N) is 2. The van der Waals surface area contributed by atoms with Gasteiger partial charge in [-0.1, -0.05) is 42.4 Å². The molecule has 37 heavy (non-hydrogen) atoms. The van der Waals surface area contributed by atoms with Crippen LogP contribution < -0.4 is 9.47 Å². The highest BCUT2D eigenvalue weighted by Gasteiger charge is 2.25. The number of hydrogen-bond acceptors (Lipinski definition) is 7. The maximum atomic E-state index is 12.4. The number of carbonyl (C=O) groups is 2. The van der Waals surface area contributed by atoms with Gasteiger partial charge in [-0.15, -0.1) is 0 Å². The maximum Gasteiger partial charge on any atom is 0.290 e. The van der Waals surface area contributed by atoms with Crippen molar-refractivity contribution in [2.75, 3.05) is 26.3 Å². The van der Waals surface area contributed by atoms with E-state index in [0.717, 1.165) is 56.3 Å². The number of aromatic nitrogens is 1. The van der Waals surface area contributed by atoms with Crippen molar-refractivity contribution in [2.24, 2.45) is 11.8 Å². The Balaban J connectivity index is 0.00000121. The minimum atomic E-state index is -2.47. The molecule has 0 atom stereocenters. The van der Waals surface area contributed by atoms with Gasteiger partial charge in [-0.05, 0) is 56.2 Å². The number of carboxylic acid groups (broad SMARTS) is 1. The molecule has 1 N–H and O–H groups in total. The minimum Gasteiger partial charge on any atom is -0.493 e. The average Bonchev–Trinajstić information content (AvgIpc) is 3.30. The van der Waals surface area contributed by atoms with Gasteiger partial charge in [0, 0.05) is 30.8 Å². The Bertz CT molecular complexity index is 952. The first kappa shape index (κ1) is 29.0. The summed E-state index contributed by atoms with van der Waals surface area (Å²) in [6.07, 6.45) is 5.43. The molecule has 0 spiro atoms. The van der Waals surface area contributed by atoms with Crippen LogP contribution in [0.15, 0.2) is 30.3 Å². The lowest BCUT2D eigenvalue weighted by atomic mass is 9.78. The van der Waals surface area contributed by atoms with Crippen molar-refractivity contribution in [3.05, 3.63) is 40.9 Å². The van der Waals surface area contributed by atoms with Gasteiger partial charge in [0.25, 0.3) is 18.1 Å². The lowest BCUT2D eigenvalue weighted by Crippen LogP contribution is -2.32. The highest BCUT2D eigenvalue weighted by molar-refractivity contribution is 7.13. The van der Waals surface area contributed by atoms with Gasteiger partial charge in [-0.25, -0.2) is 13.8 Å². The summed E-state index contributed by atoms with van der Waals surface area (Å²) in [6, 6.07) is 9.64. The van der Waals surface area contributed by atoms with Crippen molar-refractivity contribution in [1.82, 2.24) is 9.88 Å². The van der Waals surface area contributed by atoms with E-state index < -0.39 is 13.0 Å². The minimum absolute atomic E-state index is 0.250. The van der Waals surface area contributed by atoms with Crippen molar-refractivity contribution < 1.29 is 33.0 Å². The van der Waals surface area contributed by atoms with Gasteiger partial charge in [-0.3, -0.25) is 14.5 Å². The van der Waals surface area contributed by atoms with Gasteiger partial charge in [0.15, 0.2) is 6.61 Å². The molecular formula is C27H36F2N2O5S. The van der Waals surface area contributed by atoms with Crippen molar-refractivity contribution in [3.63, 3.8) is 0 Å². The van der Waals surface area contributed by atoms with Gasteiger partial charge in [0.1, 0.15) is 11.5 Å². The molecule has 1 fully saturated rings. The lowest BCUT2D eigenvalue weighted by molar-refractivity contribution is -0.123. The van der Waals surface area contributed by atoms with Crippen molar-refractivity contribution in [2.45, 2.75) is 64.3 Å². The lowest BCUT2D eigenvalue weighted by Gasteiger charge is -2.31. The van der Waals surface area contributed by atoms with Crippen LogP contribution in [0, 0.1) is 11.8 Å². The Morgan fingerprint density at radius 1 is 1.16 bits per heavy atom. The molecule has 1 aliphatic heterocycles. The highest BCUT2D eigenvalue weighted by atomic mass is 32.1. The van der Waals surface area contributed by atoms with Crippen LogP contribution in [0.1, 0.15) is 55.5 Å². The maximum absolute atomic E-state index is 12.4. The second-order valence-corrected chi connectivity index (χ2v) is 10.6. The molecule has 1 aliphatic carbocycles. The molecule has 1 saturated carbocycles. The first-order chi connectivity index (χ1) is 18.0. The Kier molecular flexibility index (Phi) is 12.2. The summed E-state index contributed by atoms with van der Waals surface area (Å²) in [5, 5.41) is 7.26. The summed E-state index contributed by atoms with van der Waals surface area (Å²) in [5.41, 5.74) is 0.985. The summed E-state index contributed by atoms with van der Waals surface area (Å²) in [6.45, 7) is 2.41. The number of para-hydroxylation sites is 1. The smallest absolute Gasteiger partial charge is 0.290 e. The predicted molar refractivity (Wildman–Crippen MR) is 138 cm³/mol. The molecule has 2 aromatic rings. The largest absolute Gasteiger partial charge is 0.493 e. The standard InChI is InChI=1S/C26H34F2N2O3S.CH2O2/c27-25(28)18-33-26-29-23-17-30(14-11-24(23)34-26)13-10-19-6-8-20(9-7-19)16-21(31)12-15-32-22-4-2-1-3-5-22;2-1-3/h1-5,19-20,25H,6-18H2;1H,(H,2,3). The van der Waals surface area contributed by atoms with E-state index in [1.807, 2.05) is 30.3 Å². The van der Waals surface area contributed by atoms with Crippen molar-refractivity contribution in [1.29, 1.82) is 0 Å². The highest BCUT2D eigenvalue weighted by Crippen LogP contribution is 2.34. The number of ketones is 1. The number of hydrogen-bond donors (Lipinski definition) is 1. The van der Waals surface area contributed by atoms with Crippen LogP contribution in [0.5, 0.6) is 10.9 Å². The molecule has 0 amide bonds. The number of rotatable bonds is 12. The van der Waals surface area contributed by atoms with Crippen LogP contribution in [0.25, 0.3) is 0 Å². The second-order valence-electron chi connectivity index (χ2n) is 9.51. The van der Waals surface area contributed by atoms with Gasteiger partial charge in [-0.2, -0.15) is 0 Å². The fourth-order valence-electron chi connectivity index (χ4n) is 4.93. The zero-order chi connectivity index (χ0) is 26.5. The van der Waals surface area contributed by atoms with E-state index in [1.165, 1.54) is 35.5 Å². The van der Waals surface area contributed by atoms with E-state index in [4.69, 9.17) is 19.4 Å². The third-order valence-corrected chi connectivity index (χ3v) is 7.92. The summed E-state index contributed by atoms with van der Waals surface area (Å²) < 4.78 is 35.5. The predicted octanol–water partition coefficient (Wildman–Crippen LogP) is 5.47. The fraction of sp³-hybridized carbons (Fsp3) is 0.593. The van der Waals surface area contributed by atoms with Crippen molar-refractivity contribution in [3.8, 4) is 10.9 Å². The topological polar surface area (TPSA) is 89.0 Å². The second kappa shape index (κ2) is 15.6. The SMILES string of the molecule is O=C(CCOc1ccccc1)CC1CCC(CCN2CCc3sc(OCC(F)F)nc3C2)CC1.O=CO. The summed E-state index contributed by atoms with van der Waals surface area (Å²) in [4.78, 5) is 28.7. The summed E-state index contributed by atoms with van der Waals surface area (Å²) in [7, 11) is 0. The zero-order valence-electron chi connectivity index (χ0n) is 21.0. The number of fused-ring (bicyclic) bond motifs is 1. The van der Waals surface area contributed by atoms with Crippen molar-refractivity contribution >= 4 is 23.6 Å². The number of Topliss-reactive ketones (excluding diaryl/α,β-unsaturated/α-hetero) is 1. The quantitative estimate of drug-likeness (QED) is 0.359. The van der Waals surface area contributed by atoms with Crippen LogP contribution in [0.4, 0.5) is 8.78 Å². The first-order valence-electron chi connectivity index (χ1n) is 12.9. The van der Waals surface area contributed by atoms with E-state index in [9.17, 15) is 13.6 Å². The van der Waals surface area contributed by atoms with Crippen LogP contribution in [-0.2, 0) is 22.6 Å². The third-order valence-electron chi connectivity index (χ3n) is 6.85. The molecule has 204 valence electrons. The number of ether oxygens (including phenoxy) is 2. The zero-order valence-corrected chi connectivity index (χ0v) is 21.8. The molecule has 7 nitrogen and oxygen atoms in total. The van der Waals surface area contributed by atoms with E-state index in [1.54, 1.807) is 0 Å². The van der Waals surface area contributed by atoms with Crippen LogP contribution in [0.3, 0.4) is 0 Å². The Morgan fingerprint density at radius 2 is 1.86 bits per heavy atom. The molecule has 1 aromatic heterocycles. The summed E-state index contributed by atoms with van der Waals surface area (Å²) >= 11 is 1.41. The molecule has 10 heteroatoms. The third kappa shape index (κ3) is 10.4. The molecule has 2 aliphatic rings. The Hall–Kier alpha value is -2.59. The van der Waals surface area contributed by atoms with Gasteiger partial charge in [0.05, 0.1) is 12.3 Å². The monoisotopic (exact) mass is 538 g/mol. The van der Waals surface area contributed by atoms with E-state index in [2.05, 4.69) is 9.88 Å². The number of benzene rings is 1. The Morgan fingerprint density at radius 3 is 2.57 bits per heavy atom. The number of carbonyl (C=O) groups excluding carboxylic acids is 1. The average molecular weight is 539 g/mol. The molecule has 1 aromatic carbocycles. The van der Waals surface area contributed by atoms with E-state index >= 15 is 0 Å². The number of alkyl halides is 2. The fourth-order valence-corrected chi connectivity index (χ4v) is 5.84. The van der Waals surface area contributed by atoms with E-state index in [-0.39, 0.29) is 6.47 Å².